The van der Waals surface area contributed by atoms with Crippen LogP contribution in [0.1, 0.15) is 108 Å². The Morgan fingerprint density at radius 1 is 0.723 bits per heavy atom. The van der Waals surface area contributed by atoms with E-state index in [0.29, 0.717) is 37.8 Å². The van der Waals surface area contributed by atoms with Gasteiger partial charge >= 0.3 is 0 Å². The summed E-state index contributed by atoms with van der Waals surface area (Å²) in [7, 11) is 0. The van der Waals surface area contributed by atoms with Crippen molar-refractivity contribution >= 4 is 32.0 Å². The Hall–Kier alpha value is -2.22. The Balaban J connectivity index is 0.000000170. The zero-order chi connectivity index (χ0) is 34.6. The van der Waals surface area contributed by atoms with Crippen molar-refractivity contribution in [3.05, 3.63) is 0 Å². The molecule has 0 aromatic rings. The van der Waals surface area contributed by atoms with Gasteiger partial charge in [-0.15, -0.1) is 0 Å². The van der Waals surface area contributed by atoms with Crippen LogP contribution in [0, 0.1) is 16.7 Å². The van der Waals surface area contributed by atoms with Crippen LogP contribution >= 0.6 is 0 Å². The fourth-order valence-corrected chi connectivity index (χ4v) is 7.96. The third-order valence-electron chi connectivity index (χ3n) is 10.4. The van der Waals surface area contributed by atoms with Gasteiger partial charge in [-0.25, -0.2) is 0 Å². The van der Waals surface area contributed by atoms with Crippen molar-refractivity contribution in [3.8, 4) is 0 Å². The summed E-state index contributed by atoms with van der Waals surface area (Å²) in [6.45, 7) is 23.7. The third kappa shape index (κ3) is 7.83. The molecule has 7 saturated heterocycles. The van der Waals surface area contributed by atoms with Gasteiger partial charge in [0.1, 0.15) is 17.2 Å². The molecule has 265 valence electrons. The zero-order valence-electron chi connectivity index (χ0n) is 30.5. The number of amides is 4. The number of nitrogens with one attached hydrogen (secondary N) is 1. The molecule has 7 heterocycles. The Morgan fingerprint density at radius 3 is 1.68 bits per heavy atom. The van der Waals surface area contributed by atoms with Crippen molar-refractivity contribution in [2.24, 2.45) is 16.7 Å². The Kier molecular flexibility index (Phi) is 11.3. The van der Waals surface area contributed by atoms with Gasteiger partial charge in [0.05, 0.1) is 50.6 Å². The van der Waals surface area contributed by atoms with Crippen LogP contribution in [0.2, 0.25) is 0 Å². The lowest BCUT2D eigenvalue weighted by Crippen LogP contribution is -2.45. The van der Waals surface area contributed by atoms with Crippen molar-refractivity contribution in [1.29, 1.82) is 0 Å². The molecule has 12 nitrogen and oxygen atoms in total. The Morgan fingerprint density at radius 2 is 1.23 bits per heavy atom. The number of carbonyl (C=O) groups is 4. The second-order valence-corrected chi connectivity index (χ2v) is 16.6. The number of rotatable bonds is 1. The van der Waals surface area contributed by atoms with E-state index in [1.807, 2.05) is 90.9 Å². The minimum atomic E-state index is -0.393. The van der Waals surface area contributed by atoms with Crippen LogP contribution in [0.4, 0.5) is 0 Å². The summed E-state index contributed by atoms with van der Waals surface area (Å²) >= 11 is 0. The topological polar surface area (TPSA) is 138 Å². The molecule has 5 unspecified atom stereocenters. The first-order chi connectivity index (χ1) is 21.0. The van der Waals surface area contributed by atoms with E-state index in [1.54, 1.807) is 0 Å². The maximum Gasteiger partial charge on any atom is 0.230 e. The predicted octanol–water partition coefficient (Wildman–Crippen LogP) is 2.63. The molecule has 13 heteroatoms. The number of aliphatic hydroxyl groups is 1. The zero-order valence-corrected chi connectivity index (χ0v) is 30.5. The van der Waals surface area contributed by atoms with Gasteiger partial charge < -0.3 is 39.3 Å². The molecule has 7 fully saturated rings. The summed E-state index contributed by atoms with van der Waals surface area (Å²) in [5, 5.41) is 11.4. The van der Waals surface area contributed by atoms with E-state index in [2.05, 4.69) is 5.32 Å². The highest BCUT2D eigenvalue weighted by Crippen LogP contribution is 2.44. The number of ether oxygens (including phenoxy) is 3. The maximum absolute atomic E-state index is 12.0. The highest BCUT2D eigenvalue weighted by molar-refractivity contribution is 5.85. The molecule has 47 heavy (non-hydrogen) atoms. The number of aliphatic hydroxyl groups excluding tert-OH is 1. The average molecular weight is 662 g/mol. The monoisotopic (exact) mass is 661 g/mol. The molecule has 0 saturated carbocycles. The first-order valence-electron chi connectivity index (χ1n) is 16.9. The highest BCUT2D eigenvalue weighted by Gasteiger charge is 2.55. The lowest BCUT2D eigenvalue weighted by Gasteiger charge is -2.30. The van der Waals surface area contributed by atoms with E-state index in [1.165, 1.54) is 0 Å². The van der Waals surface area contributed by atoms with Crippen LogP contribution in [0.15, 0.2) is 0 Å². The minimum Gasteiger partial charge on any atom is -0.394 e. The van der Waals surface area contributed by atoms with Crippen LogP contribution < -0.4 is 5.32 Å². The Bertz CT molecular complexity index is 1200. The van der Waals surface area contributed by atoms with E-state index >= 15 is 0 Å². The van der Waals surface area contributed by atoms with Crippen molar-refractivity contribution in [2.75, 3.05) is 26.4 Å². The molecule has 2 N–H and O–H groups in total. The van der Waals surface area contributed by atoms with Gasteiger partial charge in [-0.05, 0) is 67.2 Å². The van der Waals surface area contributed by atoms with Crippen LogP contribution in [0.3, 0.4) is 0 Å². The van der Waals surface area contributed by atoms with Gasteiger partial charge in [-0.1, -0.05) is 34.6 Å². The van der Waals surface area contributed by atoms with Crippen LogP contribution in [-0.4, -0.2) is 120 Å². The lowest BCUT2D eigenvalue weighted by atomic mass is 9.90. The lowest BCUT2D eigenvalue weighted by molar-refractivity contribution is -0.148. The van der Waals surface area contributed by atoms with E-state index in [4.69, 9.17) is 19.3 Å². The third-order valence-corrected chi connectivity index (χ3v) is 10.4. The molecule has 0 spiro atoms. The molecule has 4 amide bonds. The van der Waals surface area contributed by atoms with Gasteiger partial charge in [-0.2, -0.15) is 0 Å². The predicted molar refractivity (Wildman–Crippen MR) is 177 cm³/mol. The van der Waals surface area contributed by atoms with E-state index in [0.717, 1.165) is 32.3 Å². The molecule has 0 bridgehead atoms. The number of nitrogens with zero attached hydrogens (tertiary/aromatic N) is 3. The molecular formula is C34H58BN4O8. The largest absolute Gasteiger partial charge is 0.394 e. The fraction of sp³-hybridized carbons (Fsp3) is 0.882. The van der Waals surface area contributed by atoms with E-state index < -0.39 is 5.72 Å². The molecule has 3 radical (unpaired) electrons. The minimum absolute atomic E-state index is 0. The molecule has 7 aliphatic heterocycles. The SMILES string of the molecule is CC1(C)CC(CO)NC1=O.CC1(C)CC2COC(C)(C)N2C1=O.CC1(C)OCC2CCC(=O)N21.CC1CC2COC(C)(C)N2C1=O.[B]. The van der Waals surface area contributed by atoms with Crippen LogP contribution in [0.5, 0.6) is 0 Å². The summed E-state index contributed by atoms with van der Waals surface area (Å²) in [6, 6.07) is 0.972. The van der Waals surface area contributed by atoms with Crippen molar-refractivity contribution < 1.29 is 38.5 Å². The fourth-order valence-electron chi connectivity index (χ4n) is 7.96. The van der Waals surface area contributed by atoms with Gasteiger partial charge in [-0.3, -0.25) is 19.2 Å². The highest BCUT2D eigenvalue weighted by atomic mass is 16.5. The summed E-state index contributed by atoms with van der Waals surface area (Å²) in [4.78, 5) is 51.7. The molecule has 0 aliphatic carbocycles. The van der Waals surface area contributed by atoms with E-state index in [-0.39, 0.29) is 72.9 Å². The molecule has 0 aromatic carbocycles. The van der Waals surface area contributed by atoms with Gasteiger partial charge in [0, 0.05) is 31.6 Å². The molecular weight excluding hydrogens is 603 g/mol. The van der Waals surface area contributed by atoms with Gasteiger partial charge in [0.25, 0.3) is 0 Å². The summed E-state index contributed by atoms with van der Waals surface area (Å²) in [6.07, 6.45) is 4.31. The van der Waals surface area contributed by atoms with Gasteiger partial charge in [0.15, 0.2) is 0 Å². The number of hydrogen-bond donors (Lipinski definition) is 2. The molecule has 7 rings (SSSR count). The van der Waals surface area contributed by atoms with Crippen molar-refractivity contribution in [3.63, 3.8) is 0 Å². The second kappa shape index (κ2) is 13.6. The molecule has 0 aromatic heterocycles. The quantitative estimate of drug-likeness (QED) is 0.410. The standard InChI is InChI=1S/C10H17NO2.C9H15NO2.C8H13NO2.C7H13NO2.B/c1-9(2)5-7-6-13-10(3,4)11(7)8(9)12;1-6-4-7-5-12-9(2,3)10(7)8(6)11;1-8(2)9-6(5-11-8)3-4-7(9)10;1-7(2)3-5(4-9)8-6(7)10;/h7H,5-6H2,1-4H3;6-7H,4-5H2,1-3H3;6H,3-5H2,1-2H3;5,9H,3-4H2,1-2H3,(H,8,10);. The molecule has 7 aliphatic rings. The van der Waals surface area contributed by atoms with Crippen molar-refractivity contribution in [1.82, 2.24) is 20.0 Å². The van der Waals surface area contributed by atoms with Crippen LogP contribution in [0.25, 0.3) is 0 Å². The summed E-state index contributed by atoms with van der Waals surface area (Å²) < 4.78 is 16.6. The average Bonchev–Trinajstić information content (AvgIpc) is 3.77. The van der Waals surface area contributed by atoms with Crippen molar-refractivity contribution in [2.45, 2.75) is 150 Å². The first kappa shape index (κ1) is 39.2. The normalized spacial score (nSPS) is 34.2. The van der Waals surface area contributed by atoms with Gasteiger partial charge in [0.2, 0.25) is 23.6 Å². The smallest absolute Gasteiger partial charge is 0.230 e. The maximum atomic E-state index is 12.0. The second-order valence-electron chi connectivity index (χ2n) is 16.6. The first-order valence-corrected chi connectivity index (χ1v) is 16.9. The van der Waals surface area contributed by atoms with Crippen LogP contribution in [-0.2, 0) is 33.4 Å². The number of fused-ring (bicyclic) bond motifs is 3. The summed E-state index contributed by atoms with van der Waals surface area (Å²) in [5.41, 5.74) is -1.58. The molecule has 5 atom stereocenters. The number of carbonyl (C=O) groups excluding carboxylic acids is 4. The Labute approximate surface area is 283 Å². The number of hydrogen-bond acceptors (Lipinski definition) is 8. The summed E-state index contributed by atoms with van der Waals surface area (Å²) in [5.74, 6) is 0.977. The van der Waals surface area contributed by atoms with E-state index in [9.17, 15) is 19.2 Å².